The second kappa shape index (κ2) is 14.5. The molecular formula is C27H37F3N6O4. The molecule has 220 valence electrons. The molecule has 1 saturated carbocycles. The number of benzene rings is 1. The number of methoxy groups -OCH3 is 1. The SMILES string of the molecule is CC.CC[C@H](N)Cc1oc(-c2ccc(OC)c3nc(C(F)(F)F)ccc23)nc1C(=O)NCC1CC1.CNC(N)=O. The molecule has 1 atom stereocenters. The first kappa shape index (κ1) is 32.3. The van der Waals surface area contributed by atoms with Crippen LogP contribution in [-0.4, -0.2) is 48.7 Å². The fourth-order valence-electron chi connectivity index (χ4n) is 3.51. The lowest BCUT2D eigenvalue weighted by molar-refractivity contribution is -0.140. The summed E-state index contributed by atoms with van der Waals surface area (Å²) in [5.41, 5.74) is 10.2. The van der Waals surface area contributed by atoms with Gasteiger partial charge in [-0.1, -0.05) is 20.8 Å². The highest BCUT2D eigenvalue weighted by Crippen LogP contribution is 2.37. The summed E-state index contributed by atoms with van der Waals surface area (Å²) in [5.74, 6) is 0.768. The molecule has 2 aromatic heterocycles. The van der Waals surface area contributed by atoms with Gasteiger partial charge in [-0.15, -0.1) is 0 Å². The van der Waals surface area contributed by atoms with Crippen molar-refractivity contribution < 1.29 is 31.9 Å². The van der Waals surface area contributed by atoms with Gasteiger partial charge in [0.05, 0.1) is 7.11 Å². The molecule has 3 amide bonds. The molecule has 3 aromatic rings. The van der Waals surface area contributed by atoms with Gasteiger partial charge in [-0.2, -0.15) is 13.2 Å². The number of nitrogens with one attached hydrogen (secondary N) is 2. The quantitative estimate of drug-likeness (QED) is 0.309. The summed E-state index contributed by atoms with van der Waals surface area (Å²) >= 11 is 0. The fraction of sp³-hybridized carbons (Fsp3) is 0.481. The Kier molecular flexibility index (Phi) is 11.7. The molecule has 0 unspecified atom stereocenters. The van der Waals surface area contributed by atoms with Crippen LogP contribution in [0.1, 0.15) is 62.0 Å². The molecule has 1 aliphatic rings. The van der Waals surface area contributed by atoms with E-state index in [9.17, 15) is 22.8 Å². The van der Waals surface area contributed by atoms with Crippen LogP contribution in [0.4, 0.5) is 18.0 Å². The summed E-state index contributed by atoms with van der Waals surface area (Å²) in [4.78, 5) is 30.5. The number of rotatable bonds is 8. The zero-order valence-corrected chi connectivity index (χ0v) is 23.3. The zero-order valence-electron chi connectivity index (χ0n) is 23.3. The van der Waals surface area contributed by atoms with Crippen LogP contribution in [-0.2, 0) is 12.6 Å². The van der Waals surface area contributed by atoms with Gasteiger partial charge < -0.3 is 31.3 Å². The number of halogens is 3. The molecular weight excluding hydrogens is 529 g/mol. The number of aromatic nitrogens is 2. The van der Waals surface area contributed by atoms with Crippen molar-refractivity contribution in [2.75, 3.05) is 20.7 Å². The van der Waals surface area contributed by atoms with E-state index in [0.717, 1.165) is 18.9 Å². The summed E-state index contributed by atoms with van der Waals surface area (Å²) in [7, 11) is 2.83. The molecule has 1 aromatic carbocycles. The lowest BCUT2D eigenvalue weighted by Gasteiger charge is -2.11. The van der Waals surface area contributed by atoms with Crippen molar-refractivity contribution >= 4 is 22.8 Å². The Morgan fingerprint density at radius 3 is 2.35 bits per heavy atom. The van der Waals surface area contributed by atoms with E-state index in [1.165, 1.54) is 26.3 Å². The van der Waals surface area contributed by atoms with Crippen molar-refractivity contribution in [3.8, 4) is 17.2 Å². The third-order valence-electron chi connectivity index (χ3n) is 5.94. The van der Waals surface area contributed by atoms with Gasteiger partial charge >= 0.3 is 12.2 Å². The first-order valence-corrected chi connectivity index (χ1v) is 13.0. The third kappa shape index (κ3) is 8.57. The molecule has 0 radical (unpaired) electrons. The van der Waals surface area contributed by atoms with Gasteiger partial charge in [0, 0.05) is 37.0 Å². The molecule has 4 rings (SSSR count). The largest absolute Gasteiger partial charge is 0.494 e. The van der Waals surface area contributed by atoms with Gasteiger partial charge in [-0.05, 0) is 49.4 Å². The Balaban J connectivity index is 0.000000722. The number of primary amides is 1. The number of hydrogen-bond acceptors (Lipinski definition) is 7. The highest BCUT2D eigenvalue weighted by molar-refractivity contribution is 5.98. The van der Waals surface area contributed by atoms with Gasteiger partial charge in [0.2, 0.25) is 5.89 Å². The van der Waals surface area contributed by atoms with Gasteiger partial charge in [0.15, 0.2) is 5.69 Å². The maximum Gasteiger partial charge on any atom is 0.433 e. The minimum absolute atomic E-state index is 0.0227. The second-order valence-electron chi connectivity index (χ2n) is 8.84. The number of pyridine rings is 1. The maximum absolute atomic E-state index is 13.2. The predicted molar refractivity (Wildman–Crippen MR) is 146 cm³/mol. The zero-order chi connectivity index (χ0) is 30.0. The predicted octanol–water partition coefficient (Wildman–Crippen LogP) is 4.65. The number of ether oxygens (including phenoxy) is 1. The van der Waals surface area contributed by atoms with Crippen molar-refractivity contribution in [1.82, 2.24) is 20.6 Å². The molecule has 0 bridgehead atoms. The van der Waals surface area contributed by atoms with Crippen LogP contribution in [0.25, 0.3) is 22.4 Å². The van der Waals surface area contributed by atoms with Crippen LogP contribution in [0.3, 0.4) is 0 Å². The monoisotopic (exact) mass is 566 g/mol. The van der Waals surface area contributed by atoms with Gasteiger partial charge in [-0.25, -0.2) is 14.8 Å². The molecule has 40 heavy (non-hydrogen) atoms. The number of oxazole rings is 1. The molecule has 2 heterocycles. The number of hydrogen-bond donors (Lipinski definition) is 4. The van der Waals surface area contributed by atoms with Gasteiger partial charge in [-0.3, -0.25) is 4.79 Å². The molecule has 1 fully saturated rings. The Bertz CT molecular complexity index is 1290. The van der Waals surface area contributed by atoms with Crippen molar-refractivity contribution in [1.29, 1.82) is 0 Å². The van der Waals surface area contributed by atoms with Crippen LogP contribution >= 0.6 is 0 Å². The van der Waals surface area contributed by atoms with E-state index in [0.29, 0.717) is 42.0 Å². The van der Waals surface area contributed by atoms with Gasteiger partial charge in [0.25, 0.3) is 5.91 Å². The highest BCUT2D eigenvalue weighted by Gasteiger charge is 2.33. The topological polar surface area (TPSA) is 158 Å². The summed E-state index contributed by atoms with van der Waals surface area (Å²) in [5, 5.41) is 5.40. The number of fused-ring (bicyclic) bond motifs is 1. The molecule has 1 aliphatic carbocycles. The minimum Gasteiger partial charge on any atom is -0.494 e. The van der Waals surface area contributed by atoms with Crippen LogP contribution in [0, 0.1) is 5.92 Å². The van der Waals surface area contributed by atoms with E-state index >= 15 is 0 Å². The molecule has 0 aliphatic heterocycles. The fourth-order valence-corrected chi connectivity index (χ4v) is 3.51. The standard InChI is InChI=1S/C23H25F3N4O3.C2H6N2O.C2H6/c1-3-13(27)10-17-20(21(31)28-11-12-4-5-12)30-22(33-17)15-6-8-16(32-2)19-14(15)7-9-18(29-19)23(24,25)26;1-4-2(3)5;1-2/h6-9,12-13H,3-5,10-11,27H2,1-2H3,(H,28,31);1H3,(H3,3,4,5);1-2H3/t13-;;/m0../s1. The lowest BCUT2D eigenvalue weighted by atomic mass is 10.1. The molecule has 13 heteroatoms. The smallest absolute Gasteiger partial charge is 0.433 e. The highest BCUT2D eigenvalue weighted by atomic mass is 19.4. The Labute approximate surface area is 231 Å². The van der Waals surface area contributed by atoms with Crippen LogP contribution in [0.2, 0.25) is 0 Å². The summed E-state index contributed by atoms with van der Waals surface area (Å²) in [6, 6.07) is 4.59. The first-order chi connectivity index (χ1) is 19.0. The molecule has 6 N–H and O–H groups in total. The summed E-state index contributed by atoms with van der Waals surface area (Å²) in [6.45, 7) is 6.49. The number of urea groups is 1. The molecule has 0 saturated heterocycles. The third-order valence-corrected chi connectivity index (χ3v) is 5.94. The number of nitrogens with zero attached hydrogens (tertiary/aromatic N) is 2. The summed E-state index contributed by atoms with van der Waals surface area (Å²) < 4.78 is 50.8. The average Bonchev–Trinajstić information content (AvgIpc) is 3.69. The average molecular weight is 567 g/mol. The second-order valence-corrected chi connectivity index (χ2v) is 8.84. The van der Waals surface area contributed by atoms with Crippen LogP contribution < -0.4 is 26.8 Å². The number of carbonyl (C=O) groups is 2. The Morgan fingerprint density at radius 1 is 1.18 bits per heavy atom. The summed E-state index contributed by atoms with van der Waals surface area (Å²) in [6.07, 6.45) is -1.45. The van der Waals surface area contributed by atoms with Crippen molar-refractivity contribution in [3.05, 3.63) is 41.4 Å². The normalized spacial score (nSPS) is 13.3. The van der Waals surface area contributed by atoms with Crippen molar-refractivity contribution in [2.24, 2.45) is 17.4 Å². The first-order valence-electron chi connectivity index (χ1n) is 13.0. The van der Waals surface area contributed by atoms with E-state index in [1.54, 1.807) is 6.07 Å². The molecule has 10 nitrogen and oxygen atoms in total. The maximum atomic E-state index is 13.2. The number of carbonyl (C=O) groups excluding carboxylic acids is 2. The van der Waals surface area contributed by atoms with Crippen LogP contribution in [0.5, 0.6) is 5.75 Å². The van der Waals surface area contributed by atoms with Crippen molar-refractivity contribution in [2.45, 2.75) is 58.7 Å². The molecule has 0 spiro atoms. The van der Waals surface area contributed by atoms with Crippen LogP contribution in [0.15, 0.2) is 28.7 Å². The lowest BCUT2D eigenvalue weighted by Crippen LogP contribution is -2.28. The Hall–Kier alpha value is -3.87. The Morgan fingerprint density at radius 2 is 1.82 bits per heavy atom. The van der Waals surface area contributed by atoms with Gasteiger partial charge in [0.1, 0.15) is 22.7 Å². The van der Waals surface area contributed by atoms with E-state index in [4.69, 9.17) is 14.9 Å². The van der Waals surface area contributed by atoms with Crippen molar-refractivity contribution in [3.63, 3.8) is 0 Å². The van der Waals surface area contributed by atoms with E-state index in [2.05, 4.69) is 26.3 Å². The van der Waals surface area contributed by atoms with E-state index in [1.807, 2.05) is 20.8 Å². The minimum atomic E-state index is -4.60. The number of nitrogens with two attached hydrogens (primary N) is 2. The number of alkyl halides is 3. The van der Waals surface area contributed by atoms with E-state index in [-0.39, 0.29) is 34.8 Å². The van der Waals surface area contributed by atoms with E-state index < -0.39 is 17.9 Å². The number of amides is 3.